The standard InChI is InChI=1S/C28H31ClN2O2S/c1-3-30-28(33)26(19-22-7-5-4-6-8-22)31(20-23-11-9-21(2)10-12-23)27(32)17-18-34-25-15-13-24(29)14-16-25/h4-16,26H,3,17-20H2,1-2H3,(H,30,33)/t26-/m0/s1. The summed E-state index contributed by atoms with van der Waals surface area (Å²) in [4.78, 5) is 29.5. The van der Waals surface area contributed by atoms with Crippen molar-refractivity contribution >= 4 is 35.2 Å². The third-order valence-electron chi connectivity index (χ3n) is 5.49. The van der Waals surface area contributed by atoms with Gasteiger partial charge in [-0.1, -0.05) is 71.8 Å². The number of aryl methyl sites for hydroxylation is 1. The topological polar surface area (TPSA) is 49.4 Å². The summed E-state index contributed by atoms with van der Waals surface area (Å²) in [7, 11) is 0. The molecule has 2 amide bonds. The molecule has 0 aromatic heterocycles. The van der Waals surface area contributed by atoms with Crippen LogP contribution in [0, 0.1) is 6.92 Å². The normalized spacial score (nSPS) is 11.6. The lowest BCUT2D eigenvalue weighted by molar-refractivity contribution is -0.140. The van der Waals surface area contributed by atoms with Gasteiger partial charge in [-0.05, 0) is 49.2 Å². The second-order valence-corrected chi connectivity index (χ2v) is 9.76. The minimum Gasteiger partial charge on any atom is -0.355 e. The van der Waals surface area contributed by atoms with Gasteiger partial charge in [-0.25, -0.2) is 0 Å². The second-order valence-electron chi connectivity index (χ2n) is 8.16. The highest BCUT2D eigenvalue weighted by atomic mass is 35.5. The SMILES string of the molecule is CCNC(=O)[C@H](Cc1ccccc1)N(Cc1ccc(C)cc1)C(=O)CCSc1ccc(Cl)cc1. The van der Waals surface area contributed by atoms with E-state index in [-0.39, 0.29) is 11.8 Å². The zero-order chi connectivity index (χ0) is 24.3. The van der Waals surface area contributed by atoms with Crippen molar-refractivity contribution in [3.63, 3.8) is 0 Å². The van der Waals surface area contributed by atoms with Gasteiger partial charge in [0.25, 0.3) is 0 Å². The highest BCUT2D eigenvalue weighted by Crippen LogP contribution is 2.22. The van der Waals surface area contributed by atoms with Crippen LogP contribution >= 0.6 is 23.4 Å². The van der Waals surface area contributed by atoms with Gasteiger partial charge in [0.15, 0.2) is 0 Å². The predicted molar refractivity (Wildman–Crippen MR) is 141 cm³/mol. The lowest BCUT2D eigenvalue weighted by atomic mass is 10.0. The molecular weight excluding hydrogens is 464 g/mol. The van der Waals surface area contributed by atoms with Gasteiger partial charge in [0, 0.05) is 41.6 Å². The molecule has 0 aliphatic carbocycles. The molecule has 34 heavy (non-hydrogen) atoms. The summed E-state index contributed by atoms with van der Waals surface area (Å²) in [5, 5.41) is 3.62. The summed E-state index contributed by atoms with van der Waals surface area (Å²) in [6.45, 7) is 4.84. The first-order valence-electron chi connectivity index (χ1n) is 11.5. The van der Waals surface area contributed by atoms with E-state index in [4.69, 9.17) is 11.6 Å². The van der Waals surface area contributed by atoms with Crippen LogP contribution in [0.25, 0.3) is 0 Å². The number of hydrogen-bond donors (Lipinski definition) is 1. The van der Waals surface area contributed by atoms with Gasteiger partial charge in [-0.2, -0.15) is 0 Å². The molecule has 0 unspecified atom stereocenters. The number of halogens is 1. The van der Waals surface area contributed by atoms with Crippen LogP contribution in [0.15, 0.2) is 83.8 Å². The van der Waals surface area contributed by atoms with Gasteiger partial charge in [0.05, 0.1) is 0 Å². The molecule has 0 saturated carbocycles. The van der Waals surface area contributed by atoms with Crippen LogP contribution in [0.2, 0.25) is 5.02 Å². The second kappa shape index (κ2) is 13.2. The lowest BCUT2D eigenvalue weighted by Crippen LogP contribution is -2.50. The van der Waals surface area contributed by atoms with Crippen LogP contribution < -0.4 is 5.32 Å². The number of hydrogen-bond acceptors (Lipinski definition) is 3. The Kier molecular flexibility index (Phi) is 10.0. The monoisotopic (exact) mass is 494 g/mol. The molecule has 1 atom stereocenters. The van der Waals surface area contributed by atoms with E-state index in [2.05, 4.69) is 5.32 Å². The summed E-state index contributed by atoms with van der Waals surface area (Å²) in [6.07, 6.45) is 0.804. The van der Waals surface area contributed by atoms with E-state index in [1.165, 1.54) is 0 Å². The van der Waals surface area contributed by atoms with Crippen molar-refractivity contribution in [2.45, 2.75) is 44.2 Å². The van der Waals surface area contributed by atoms with Crippen molar-refractivity contribution in [1.29, 1.82) is 0 Å². The summed E-state index contributed by atoms with van der Waals surface area (Å²) < 4.78 is 0. The number of nitrogens with zero attached hydrogens (tertiary/aromatic N) is 1. The maximum atomic E-state index is 13.5. The van der Waals surface area contributed by atoms with E-state index in [0.717, 1.165) is 21.6 Å². The van der Waals surface area contributed by atoms with E-state index in [1.54, 1.807) is 16.7 Å². The number of benzene rings is 3. The van der Waals surface area contributed by atoms with Crippen LogP contribution in [-0.2, 0) is 22.6 Å². The molecule has 0 aliphatic heterocycles. The maximum Gasteiger partial charge on any atom is 0.243 e. The quantitative estimate of drug-likeness (QED) is 0.337. The molecule has 0 radical (unpaired) electrons. The van der Waals surface area contributed by atoms with E-state index in [9.17, 15) is 9.59 Å². The van der Waals surface area contributed by atoms with Crippen molar-refractivity contribution in [3.05, 3.63) is 101 Å². The fourth-order valence-corrected chi connectivity index (χ4v) is 4.63. The van der Waals surface area contributed by atoms with E-state index < -0.39 is 6.04 Å². The molecule has 1 N–H and O–H groups in total. The van der Waals surface area contributed by atoms with Crippen molar-refractivity contribution in [3.8, 4) is 0 Å². The smallest absolute Gasteiger partial charge is 0.243 e. The fourth-order valence-electron chi connectivity index (χ4n) is 3.67. The Morgan fingerprint density at radius 2 is 1.62 bits per heavy atom. The molecule has 4 nitrogen and oxygen atoms in total. The predicted octanol–water partition coefficient (Wildman–Crippen LogP) is 5.91. The molecule has 0 bridgehead atoms. The van der Waals surface area contributed by atoms with Crippen LogP contribution in [-0.4, -0.2) is 35.1 Å². The zero-order valence-corrected chi connectivity index (χ0v) is 21.2. The average molecular weight is 495 g/mol. The third kappa shape index (κ3) is 7.93. The van der Waals surface area contributed by atoms with Crippen LogP contribution in [0.5, 0.6) is 0 Å². The van der Waals surface area contributed by atoms with Gasteiger partial charge < -0.3 is 10.2 Å². The third-order valence-corrected chi connectivity index (χ3v) is 6.76. The number of carbonyl (C=O) groups is 2. The summed E-state index contributed by atoms with van der Waals surface area (Å²) in [5.41, 5.74) is 3.19. The average Bonchev–Trinajstić information content (AvgIpc) is 2.84. The highest BCUT2D eigenvalue weighted by Gasteiger charge is 2.29. The Morgan fingerprint density at radius 1 is 0.941 bits per heavy atom. The first-order chi connectivity index (χ1) is 16.5. The van der Waals surface area contributed by atoms with E-state index in [0.29, 0.717) is 36.7 Å². The molecule has 3 aromatic carbocycles. The number of carbonyl (C=O) groups excluding carboxylic acids is 2. The number of likely N-dealkylation sites (N-methyl/N-ethyl adjacent to an activating group) is 1. The molecule has 0 aliphatic rings. The minimum atomic E-state index is -0.586. The first-order valence-corrected chi connectivity index (χ1v) is 12.9. The van der Waals surface area contributed by atoms with Gasteiger partial charge in [0.1, 0.15) is 6.04 Å². The van der Waals surface area contributed by atoms with Crippen molar-refractivity contribution in [2.75, 3.05) is 12.3 Å². The van der Waals surface area contributed by atoms with Gasteiger partial charge in [-0.3, -0.25) is 9.59 Å². The maximum absolute atomic E-state index is 13.5. The largest absolute Gasteiger partial charge is 0.355 e. The molecule has 6 heteroatoms. The highest BCUT2D eigenvalue weighted by molar-refractivity contribution is 7.99. The van der Waals surface area contributed by atoms with Crippen LogP contribution in [0.3, 0.4) is 0 Å². The van der Waals surface area contributed by atoms with E-state index >= 15 is 0 Å². The number of nitrogens with one attached hydrogen (secondary N) is 1. The molecule has 0 fully saturated rings. The molecule has 0 heterocycles. The Bertz CT molecular complexity index is 1060. The Labute approximate surface area is 211 Å². The molecular formula is C28H31ClN2O2S. The molecule has 3 aromatic rings. The van der Waals surface area contributed by atoms with Gasteiger partial charge in [0.2, 0.25) is 11.8 Å². The minimum absolute atomic E-state index is 0.0331. The Balaban J connectivity index is 1.81. The Hall–Kier alpha value is -2.76. The number of rotatable bonds is 11. The van der Waals surface area contributed by atoms with E-state index in [1.807, 2.05) is 92.7 Å². The van der Waals surface area contributed by atoms with Crippen molar-refractivity contribution in [1.82, 2.24) is 10.2 Å². The Morgan fingerprint density at radius 3 is 2.26 bits per heavy atom. The van der Waals surface area contributed by atoms with Crippen molar-refractivity contribution in [2.24, 2.45) is 0 Å². The van der Waals surface area contributed by atoms with Crippen molar-refractivity contribution < 1.29 is 9.59 Å². The number of thioether (sulfide) groups is 1. The zero-order valence-electron chi connectivity index (χ0n) is 19.7. The molecule has 0 spiro atoms. The summed E-state index contributed by atoms with van der Waals surface area (Å²) in [5.74, 6) is 0.463. The summed E-state index contributed by atoms with van der Waals surface area (Å²) in [6, 6.07) is 25.0. The summed E-state index contributed by atoms with van der Waals surface area (Å²) >= 11 is 7.58. The van der Waals surface area contributed by atoms with Gasteiger partial charge >= 0.3 is 0 Å². The number of amides is 2. The molecule has 0 saturated heterocycles. The lowest BCUT2D eigenvalue weighted by Gasteiger charge is -2.31. The van der Waals surface area contributed by atoms with Crippen LogP contribution in [0.1, 0.15) is 30.0 Å². The van der Waals surface area contributed by atoms with Gasteiger partial charge in [-0.15, -0.1) is 11.8 Å². The first kappa shape index (κ1) is 25.9. The molecule has 3 rings (SSSR count). The molecule has 178 valence electrons. The fraction of sp³-hybridized carbons (Fsp3) is 0.286. The van der Waals surface area contributed by atoms with Crippen LogP contribution in [0.4, 0.5) is 0 Å².